The maximum absolute atomic E-state index is 13.9. The number of hydrogen-bond acceptors (Lipinski definition) is 6. The van der Waals surface area contributed by atoms with Crippen molar-refractivity contribution in [1.29, 1.82) is 0 Å². The van der Waals surface area contributed by atoms with Gasteiger partial charge in [-0.3, -0.25) is 19.5 Å². The van der Waals surface area contributed by atoms with Crippen LogP contribution < -0.4 is 14.9 Å². The number of nitro groups is 1. The number of thiazole rings is 1. The van der Waals surface area contributed by atoms with Crippen molar-refractivity contribution >= 4 is 40.4 Å². The number of aryl methyl sites for hydroxylation is 1. The molecule has 5 aromatic rings. The Kier molecular flexibility index (Phi) is 5.87. The number of furan rings is 1. The lowest BCUT2D eigenvalue weighted by molar-refractivity contribution is -0.384. The number of halogens is 1. The van der Waals surface area contributed by atoms with Crippen molar-refractivity contribution in [3.8, 4) is 11.3 Å². The van der Waals surface area contributed by atoms with Crippen molar-refractivity contribution in [2.45, 2.75) is 18.9 Å². The Morgan fingerprint density at radius 3 is 2.60 bits per heavy atom. The summed E-state index contributed by atoms with van der Waals surface area (Å²) < 4.78 is 8.31. The van der Waals surface area contributed by atoms with E-state index in [9.17, 15) is 14.9 Å². The van der Waals surface area contributed by atoms with Gasteiger partial charge in [0, 0.05) is 29.3 Å². The van der Waals surface area contributed by atoms with E-state index in [0.29, 0.717) is 26.4 Å². The number of nitrogens with zero attached hydrogens (tertiary/aromatic N) is 3. The lowest BCUT2D eigenvalue weighted by Gasteiger charge is -2.30. The first kappa shape index (κ1) is 24.5. The maximum atomic E-state index is 13.9. The Morgan fingerprint density at radius 1 is 1.00 bits per heavy atom. The van der Waals surface area contributed by atoms with E-state index >= 15 is 0 Å². The molecule has 2 aliphatic rings. The molecular weight excluding hydrogens is 546 g/mol. The Labute approximate surface area is 236 Å². The second kappa shape index (κ2) is 9.59. The van der Waals surface area contributed by atoms with Crippen LogP contribution in [0.4, 0.5) is 5.69 Å². The van der Waals surface area contributed by atoms with Gasteiger partial charge in [-0.15, -0.1) is 0 Å². The number of hydrogen-bond donors (Lipinski definition) is 0. The average Bonchev–Trinajstić information content (AvgIpc) is 3.56. The van der Waals surface area contributed by atoms with Crippen LogP contribution in [-0.4, -0.2) is 9.49 Å². The summed E-state index contributed by atoms with van der Waals surface area (Å²) in [6.07, 6.45) is 3.45. The number of rotatable bonds is 4. The van der Waals surface area contributed by atoms with E-state index in [1.165, 1.54) is 29.0 Å². The predicted octanol–water partition coefficient (Wildman–Crippen LogP) is 6.14. The molecule has 3 heterocycles. The van der Waals surface area contributed by atoms with Crippen LogP contribution in [0.1, 0.15) is 34.9 Å². The van der Waals surface area contributed by atoms with Crippen LogP contribution in [0.25, 0.3) is 23.1 Å². The van der Waals surface area contributed by atoms with E-state index in [1.807, 2.05) is 24.3 Å². The summed E-state index contributed by atoms with van der Waals surface area (Å²) in [7, 11) is 0. The van der Waals surface area contributed by atoms with Gasteiger partial charge in [0.2, 0.25) is 0 Å². The van der Waals surface area contributed by atoms with Crippen molar-refractivity contribution in [3.05, 3.63) is 148 Å². The second-order valence-electron chi connectivity index (χ2n) is 9.65. The highest BCUT2D eigenvalue weighted by molar-refractivity contribution is 7.07. The number of fused-ring (bicyclic) bond motifs is 3. The third kappa shape index (κ3) is 4.04. The first-order valence-electron chi connectivity index (χ1n) is 12.7. The van der Waals surface area contributed by atoms with Crippen LogP contribution in [0.5, 0.6) is 0 Å². The van der Waals surface area contributed by atoms with Crippen LogP contribution in [0, 0.1) is 10.1 Å². The molecule has 0 saturated heterocycles. The number of benzene rings is 3. The van der Waals surface area contributed by atoms with E-state index < -0.39 is 4.92 Å². The summed E-state index contributed by atoms with van der Waals surface area (Å²) in [4.78, 5) is 30.1. The van der Waals surface area contributed by atoms with Crippen molar-refractivity contribution in [2.24, 2.45) is 4.99 Å². The van der Waals surface area contributed by atoms with Gasteiger partial charge in [-0.25, -0.2) is 4.99 Å². The Bertz CT molecular complexity index is 2040. The monoisotopic (exact) mass is 565 g/mol. The molecule has 1 aliphatic carbocycles. The van der Waals surface area contributed by atoms with E-state index in [1.54, 1.807) is 28.8 Å². The van der Waals surface area contributed by atoms with Crippen molar-refractivity contribution in [2.75, 3.05) is 0 Å². The summed E-state index contributed by atoms with van der Waals surface area (Å²) in [5.41, 5.74) is 5.85. The van der Waals surface area contributed by atoms with Gasteiger partial charge in [0.25, 0.3) is 11.2 Å². The van der Waals surface area contributed by atoms with Crippen LogP contribution >= 0.6 is 22.9 Å². The van der Waals surface area contributed by atoms with E-state index in [-0.39, 0.29) is 22.3 Å². The van der Waals surface area contributed by atoms with Gasteiger partial charge in [-0.1, -0.05) is 77.5 Å². The zero-order chi connectivity index (χ0) is 27.4. The standard InChI is InChI=1S/C31H20ClN3O4S/c32-25-16-20(35(37)38)11-14-23(25)26-15-12-21(39-26)17-27-30(36)34-29(19-7-2-1-3-8-19)24-13-10-18-6-4-5-9-22(18)28(24)33-31(34)40-27/h1-9,11-12,14-17,29H,10,13H2/b27-17+/t29-/m1/s1. The highest BCUT2D eigenvalue weighted by Gasteiger charge is 2.32. The van der Waals surface area contributed by atoms with E-state index in [0.717, 1.165) is 35.2 Å². The smallest absolute Gasteiger partial charge is 0.271 e. The molecule has 196 valence electrons. The third-order valence-corrected chi connectivity index (χ3v) is 8.61. The van der Waals surface area contributed by atoms with Crippen LogP contribution in [0.2, 0.25) is 5.02 Å². The summed E-state index contributed by atoms with van der Waals surface area (Å²) in [6.45, 7) is 0. The maximum Gasteiger partial charge on any atom is 0.271 e. The molecule has 7 rings (SSSR count). The lowest BCUT2D eigenvalue weighted by atomic mass is 9.83. The minimum absolute atomic E-state index is 0.0973. The fourth-order valence-corrected chi connectivity index (χ4v) is 6.73. The van der Waals surface area contributed by atoms with E-state index in [2.05, 4.69) is 30.3 Å². The zero-order valence-corrected chi connectivity index (χ0v) is 22.5. The average molecular weight is 566 g/mol. The number of nitro benzene ring substituents is 1. The molecule has 1 atom stereocenters. The Morgan fingerprint density at radius 2 is 1.80 bits per heavy atom. The molecular formula is C31H20ClN3O4S. The van der Waals surface area contributed by atoms with Gasteiger partial charge in [-0.2, -0.15) is 0 Å². The summed E-state index contributed by atoms with van der Waals surface area (Å²) >= 11 is 7.63. The molecule has 0 spiro atoms. The molecule has 0 saturated carbocycles. The predicted molar refractivity (Wildman–Crippen MR) is 155 cm³/mol. The first-order valence-corrected chi connectivity index (χ1v) is 13.9. The van der Waals surface area contributed by atoms with Gasteiger partial charge in [0.15, 0.2) is 4.80 Å². The molecule has 0 unspecified atom stereocenters. The number of allylic oxidation sites excluding steroid dienone is 1. The largest absolute Gasteiger partial charge is 0.457 e. The molecule has 0 bridgehead atoms. The highest BCUT2D eigenvalue weighted by atomic mass is 35.5. The topological polar surface area (TPSA) is 90.6 Å². The fourth-order valence-electron chi connectivity index (χ4n) is 5.48. The first-order chi connectivity index (χ1) is 19.5. The second-order valence-corrected chi connectivity index (χ2v) is 11.1. The van der Waals surface area contributed by atoms with Crippen molar-refractivity contribution in [1.82, 2.24) is 4.57 Å². The zero-order valence-electron chi connectivity index (χ0n) is 20.9. The van der Waals surface area contributed by atoms with Crippen LogP contribution in [0.3, 0.4) is 0 Å². The molecule has 0 fully saturated rings. The Balaban J connectivity index is 1.36. The summed E-state index contributed by atoms with van der Waals surface area (Å²) in [5, 5.41) is 11.3. The molecule has 7 nitrogen and oxygen atoms in total. The molecule has 2 aromatic heterocycles. The van der Waals surface area contributed by atoms with Crippen LogP contribution in [0.15, 0.2) is 105 Å². The molecule has 3 aromatic carbocycles. The Hall–Kier alpha value is -4.53. The summed E-state index contributed by atoms with van der Waals surface area (Å²) in [6, 6.07) is 25.9. The molecule has 40 heavy (non-hydrogen) atoms. The van der Waals surface area contributed by atoms with Crippen LogP contribution in [-0.2, 0) is 6.42 Å². The molecule has 0 amide bonds. The van der Waals surface area contributed by atoms with Crippen molar-refractivity contribution in [3.63, 3.8) is 0 Å². The summed E-state index contributed by atoms with van der Waals surface area (Å²) in [5.74, 6) is 0.924. The fraction of sp³-hybridized carbons (Fsp3) is 0.0968. The molecule has 0 N–H and O–H groups in total. The van der Waals surface area contributed by atoms with E-state index in [4.69, 9.17) is 21.0 Å². The quantitative estimate of drug-likeness (QED) is 0.193. The van der Waals surface area contributed by atoms with Gasteiger partial charge in [0.1, 0.15) is 11.5 Å². The van der Waals surface area contributed by atoms with Gasteiger partial charge < -0.3 is 4.42 Å². The van der Waals surface area contributed by atoms with Gasteiger partial charge in [-0.05, 0) is 47.7 Å². The van der Waals surface area contributed by atoms with Gasteiger partial charge >= 0.3 is 0 Å². The van der Waals surface area contributed by atoms with Crippen molar-refractivity contribution < 1.29 is 9.34 Å². The SMILES string of the molecule is O=c1/c(=C\c2ccc(-c3ccc([N+](=O)[O-])cc3Cl)o2)sc2n1[C@H](c1ccccc1)C1=C(N=2)c2ccccc2CC1. The minimum Gasteiger partial charge on any atom is -0.457 e. The third-order valence-electron chi connectivity index (χ3n) is 7.32. The normalized spacial score (nSPS) is 16.2. The number of non-ortho nitro benzene ring substituents is 1. The minimum atomic E-state index is -0.498. The molecule has 9 heteroatoms. The molecule has 1 aliphatic heterocycles. The van der Waals surface area contributed by atoms with Gasteiger partial charge in [0.05, 0.1) is 26.2 Å². The highest BCUT2D eigenvalue weighted by Crippen LogP contribution is 2.41. The molecule has 0 radical (unpaired) electrons. The lowest BCUT2D eigenvalue weighted by Crippen LogP contribution is -2.38. The number of aromatic nitrogens is 1.